The van der Waals surface area contributed by atoms with E-state index in [9.17, 15) is 13.2 Å². The Morgan fingerprint density at radius 3 is 2.57 bits per heavy atom. The molecule has 110 valence electrons. The van der Waals surface area contributed by atoms with Gasteiger partial charge in [0, 0.05) is 6.20 Å². The number of nitrogens with one attached hydrogen (secondary N) is 1. The van der Waals surface area contributed by atoms with Crippen molar-refractivity contribution in [3.63, 3.8) is 0 Å². The van der Waals surface area contributed by atoms with Crippen LogP contribution in [0.1, 0.15) is 21.5 Å². The zero-order valence-corrected chi connectivity index (χ0v) is 12.3. The van der Waals surface area contributed by atoms with E-state index in [1.165, 1.54) is 31.3 Å². The normalized spacial score (nSPS) is 11.1. The van der Waals surface area contributed by atoms with E-state index in [1.54, 1.807) is 19.2 Å². The van der Waals surface area contributed by atoms with Crippen molar-refractivity contribution in [2.45, 2.75) is 18.7 Å². The van der Waals surface area contributed by atoms with E-state index in [-0.39, 0.29) is 16.0 Å². The smallest absolute Gasteiger partial charge is 0.335 e. The van der Waals surface area contributed by atoms with Crippen LogP contribution in [0.25, 0.3) is 0 Å². The van der Waals surface area contributed by atoms with Crippen LogP contribution in [0.3, 0.4) is 0 Å². The third-order valence-corrected chi connectivity index (χ3v) is 4.46. The Hall–Kier alpha value is -2.41. The minimum absolute atomic E-state index is 0.0414. The van der Waals surface area contributed by atoms with Gasteiger partial charge in [0.05, 0.1) is 22.3 Å². The number of sulfonamides is 1. The monoisotopic (exact) mass is 306 g/mol. The number of benzene rings is 1. The molecule has 7 heteroatoms. The molecule has 0 bridgehead atoms. The predicted octanol–water partition coefficient (Wildman–Crippen LogP) is 2.20. The first kappa shape index (κ1) is 15.0. The summed E-state index contributed by atoms with van der Waals surface area (Å²) < 4.78 is 27.2. The van der Waals surface area contributed by atoms with E-state index >= 15 is 0 Å². The van der Waals surface area contributed by atoms with Gasteiger partial charge in [-0.15, -0.1) is 0 Å². The number of rotatable bonds is 4. The first-order chi connectivity index (χ1) is 9.81. The van der Waals surface area contributed by atoms with E-state index < -0.39 is 16.0 Å². The van der Waals surface area contributed by atoms with Crippen molar-refractivity contribution in [1.29, 1.82) is 0 Å². The van der Waals surface area contributed by atoms with Gasteiger partial charge in [-0.2, -0.15) is 0 Å². The van der Waals surface area contributed by atoms with Crippen molar-refractivity contribution in [1.82, 2.24) is 4.98 Å². The quantitative estimate of drug-likeness (QED) is 0.902. The van der Waals surface area contributed by atoms with Gasteiger partial charge in [0.25, 0.3) is 10.0 Å². The van der Waals surface area contributed by atoms with Crippen LogP contribution in [0.15, 0.2) is 41.6 Å². The summed E-state index contributed by atoms with van der Waals surface area (Å²) in [5, 5.41) is 9.06. The van der Waals surface area contributed by atoms with Crippen molar-refractivity contribution in [3.8, 4) is 0 Å². The Kier molecular flexibility index (Phi) is 3.95. The average Bonchev–Trinajstić information content (AvgIpc) is 2.37. The Bertz CT molecular complexity index is 800. The molecular weight excluding hydrogens is 292 g/mol. The van der Waals surface area contributed by atoms with Crippen molar-refractivity contribution < 1.29 is 18.3 Å². The molecule has 0 aliphatic carbocycles. The molecule has 0 spiro atoms. The van der Waals surface area contributed by atoms with E-state index in [0.29, 0.717) is 5.69 Å². The van der Waals surface area contributed by atoms with Gasteiger partial charge in [0.2, 0.25) is 0 Å². The Balaban J connectivity index is 2.45. The highest BCUT2D eigenvalue weighted by Gasteiger charge is 2.20. The number of pyridine rings is 1. The molecule has 6 nitrogen and oxygen atoms in total. The molecule has 0 aliphatic heterocycles. The fourth-order valence-corrected chi connectivity index (χ4v) is 3.26. The van der Waals surface area contributed by atoms with Gasteiger partial charge in [-0.3, -0.25) is 9.71 Å². The number of hydrogen-bond donors (Lipinski definition) is 2. The van der Waals surface area contributed by atoms with Crippen LogP contribution in [-0.4, -0.2) is 24.5 Å². The van der Waals surface area contributed by atoms with Crippen LogP contribution in [0.5, 0.6) is 0 Å². The molecule has 1 aromatic heterocycles. The van der Waals surface area contributed by atoms with Gasteiger partial charge in [-0.1, -0.05) is 6.07 Å². The molecule has 2 N–H and O–H groups in total. The van der Waals surface area contributed by atoms with Gasteiger partial charge in [-0.05, 0) is 43.2 Å². The standard InChI is InChI=1S/C14H14N2O4S/c1-9-6-11(8-15-7-9)16-21(19,20)13-5-3-4-12(10(13)2)14(17)18/h3-8,16H,1-2H3,(H,17,18). The molecule has 0 saturated heterocycles. The van der Waals surface area contributed by atoms with E-state index in [2.05, 4.69) is 9.71 Å². The summed E-state index contributed by atoms with van der Waals surface area (Å²) in [7, 11) is -3.87. The molecule has 0 aliphatic rings. The molecule has 1 heterocycles. The minimum Gasteiger partial charge on any atom is -0.478 e. The molecule has 0 fully saturated rings. The summed E-state index contributed by atoms with van der Waals surface area (Å²) in [6.45, 7) is 3.26. The number of nitrogens with zero attached hydrogens (tertiary/aromatic N) is 1. The SMILES string of the molecule is Cc1cncc(NS(=O)(=O)c2cccc(C(=O)O)c2C)c1. The molecule has 0 amide bonds. The summed E-state index contributed by atoms with van der Waals surface area (Å²) in [5.41, 5.74) is 1.29. The van der Waals surface area contributed by atoms with Crippen LogP contribution in [0.4, 0.5) is 5.69 Å². The molecule has 0 radical (unpaired) electrons. The van der Waals surface area contributed by atoms with Gasteiger partial charge >= 0.3 is 5.97 Å². The largest absolute Gasteiger partial charge is 0.478 e. The number of aromatic carboxylic acids is 1. The highest BCUT2D eigenvalue weighted by Crippen LogP contribution is 2.22. The molecule has 1 aromatic carbocycles. The van der Waals surface area contributed by atoms with Crippen molar-refractivity contribution in [2.75, 3.05) is 4.72 Å². The van der Waals surface area contributed by atoms with E-state index in [4.69, 9.17) is 5.11 Å². The molecule has 0 atom stereocenters. The van der Waals surface area contributed by atoms with Crippen LogP contribution < -0.4 is 4.72 Å². The maximum absolute atomic E-state index is 12.4. The molecule has 21 heavy (non-hydrogen) atoms. The van der Waals surface area contributed by atoms with Gasteiger partial charge in [-0.25, -0.2) is 13.2 Å². The molecule has 0 unspecified atom stereocenters. The highest BCUT2D eigenvalue weighted by molar-refractivity contribution is 7.92. The number of aromatic nitrogens is 1. The lowest BCUT2D eigenvalue weighted by atomic mass is 10.1. The summed E-state index contributed by atoms with van der Waals surface area (Å²) in [5.74, 6) is -1.17. The minimum atomic E-state index is -3.87. The number of anilines is 1. The van der Waals surface area contributed by atoms with Crippen molar-refractivity contribution in [3.05, 3.63) is 53.3 Å². The maximum atomic E-state index is 12.4. The molecule has 2 rings (SSSR count). The second-order valence-electron chi connectivity index (χ2n) is 4.59. The van der Waals surface area contributed by atoms with Gasteiger partial charge < -0.3 is 5.11 Å². The highest BCUT2D eigenvalue weighted by atomic mass is 32.2. The molecule has 2 aromatic rings. The summed E-state index contributed by atoms with van der Waals surface area (Å²) in [6.07, 6.45) is 3.00. The number of aryl methyl sites for hydroxylation is 1. The third kappa shape index (κ3) is 3.19. The second kappa shape index (κ2) is 5.53. The molecule has 0 saturated carbocycles. The van der Waals surface area contributed by atoms with Crippen molar-refractivity contribution in [2.24, 2.45) is 0 Å². The third-order valence-electron chi connectivity index (χ3n) is 2.93. The maximum Gasteiger partial charge on any atom is 0.335 e. The summed E-state index contributed by atoms with van der Waals surface area (Å²) >= 11 is 0. The number of carbonyl (C=O) groups is 1. The second-order valence-corrected chi connectivity index (χ2v) is 6.24. The lowest BCUT2D eigenvalue weighted by molar-refractivity contribution is 0.0696. The fourth-order valence-electron chi connectivity index (χ4n) is 1.96. The van der Waals surface area contributed by atoms with Gasteiger partial charge in [0.1, 0.15) is 0 Å². The van der Waals surface area contributed by atoms with E-state index in [1.807, 2.05) is 0 Å². The molecular formula is C14H14N2O4S. The zero-order chi connectivity index (χ0) is 15.6. The Labute approximate surface area is 122 Å². The lowest BCUT2D eigenvalue weighted by Crippen LogP contribution is -2.16. The van der Waals surface area contributed by atoms with Crippen LogP contribution in [0.2, 0.25) is 0 Å². The number of carboxylic acid groups (broad SMARTS) is 1. The summed E-state index contributed by atoms with van der Waals surface area (Å²) in [4.78, 5) is 14.9. The van der Waals surface area contributed by atoms with Crippen LogP contribution in [0, 0.1) is 13.8 Å². The lowest BCUT2D eigenvalue weighted by Gasteiger charge is -2.11. The number of carboxylic acids is 1. The first-order valence-electron chi connectivity index (χ1n) is 6.08. The fraction of sp³-hybridized carbons (Fsp3) is 0.143. The zero-order valence-electron chi connectivity index (χ0n) is 11.5. The van der Waals surface area contributed by atoms with Crippen LogP contribution >= 0.6 is 0 Å². The van der Waals surface area contributed by atoms with Crippen molar-refractivity contribution >= 4 is 21.7 Å². The Morgan fingerprint density at radius 2 is 1.95 bits per heavy atom. The predicted molar refractivity (Wildman–Crippen MR) is 77.9 cm³/mol. The van der Waals surface area contributed by atoms with Gasteiger partial charge in [0.15, 0.2) is 0 Å². The topological polar surface area (TPSA) is 96.4 Å². The van der Waals surface area contributed by atoms with Crippen LogP contribution in [-0.2, 0) is 10.0 Å². The first-order valence-corrected chi connectivity index (χ1v) is 7.57. The van der Waals surface area contributed by atoms with E-state index in [0.717, 1.165) is 5.56 Å². The summed E-state index contributed by atoms with van der Waals surface area (Å²) in [6, 6.07) is 5.78. The number of hydrogen-bond acceptors (Lipinski definition) is 4. The Morgan fingerprint density at radius 1 is 1.24 bits per heavy atom. The average molecular weight is 306 g/mol.